The summed E-state index contributed by atoms with van der Waals surface area (Å²) in [6.45, 7) is 3.31. The topological polar surface area (TPSA) is 38.8 Å². The van der Waals surface area contributed by atoms with Gasteiger partial charge in [-0.3, -0.25) is 0 Å². The molecular weight excluding hydrogens is 386 g/mol. The van der Waals surface area contributed by atoms with Crippen LogP contribution in [0.5, 0.6) is 5.75 Å². The van der Waals surface area contributed by atoms with Gasteiger partial charge in [0.25, 0.3) is 0 Å². The average Bonchev–Trinajstić information content (AvgIpc) is 2.82. The molecule has 2 bridgehead atoms. The van der Waals surface area contributed by atoms with Crippen molar-refractivity contribution < 1.29 is 14.3 Å². The number of fused-ring (bicyclic) bond motifs is 1. The van der Waals surface area contributed by atoms with Crippen molar-refractivity contribution in [1.29, 1.82) is 0 Å². The zero-order valence-corrected chi connectivity index (χ0v) is 18.7. The first-order valence-electron chi connectivity index (χ1n) is 11.8. The van der Waals surface area contributed by atoms with E-state index in [1.54, 1.807) is 7.11 Å². The fraction of sp³-hybridized carbons (Fsp3) is 0.519. The third kappa shape index (κ3) is 3.40. The summed E-state index contributed by atoms with van der Waals surface area (Å²) in [4.78, 5) is 15.2. The third-order valence-electron chi connectivity index (χ3n) is 8.05. The summed E-state index contributed by atoms with van der Waals surface area (Å²) in [5, 5.41) is 0. The molecule has 1 amide bonds. The molecule has 0 unspecified atom stereocenters. The van der Waals surface area contributed by atoms with Gasteiger partial charge in [0.15, 0.2) is 0 Å². The lowest BCUT2D eigenvalue weighted by Gasteiger charge is -2.58. The van der Waals surface area contributed by atoms with Crippen LogP contribution >= 0.6 is 0 Å². The first kappa shape index (κ1) is 20.4. The number of methoxy groups -OCH3 is 1. The Hall–Kier alpha value is -2.49. The van der Waals surface area contributed by atoms with Gasteiger partial charge < -0.3 is 14.4 Å². The monoisotopic (exact) mass is 419 g/mol. The van der Waals surface area contributed by atoms with Crippen molar-refractivity contribution >= 4 is 6.09 Å². The molecular formula is C27H33NO3. The fourth-order valence-electron chi connectivity index (χ4n) is 6.59. The first-order valence-corrected chi connectivity index (χ1v) is 11.8. The maximum Gasteiger partial charge on any atom is 0.410 e. The lowest BCUT2D eigenvalue weighted by molar-refractivity contribution is -0.0137. The number of hydrogen-bond donors (Lipinski definition) is 0. The van der Waals surface area contributed by atoms with Gasteiger partial charge in [0.1, 0.15) is 12.4 Å². The lowest BCUT2D eigenvalue weighted by atomic mass is 9.52. The molecule has 1 saturated heterocycles. The Kier molecular flexibility index (Phi) is 5.41. The zero-order valence-electron chi connectivity index (χ0n) is 18.7. The van der Waals surface area contributed by atoms with Crippen molar-refractivity contribution in [1.82, 2.24) is 4.90 Å². The van der Waals surface area contributed by atoms with Gasteiger partial charge in [0.05, 0.1) is 7.11 Å². The summed E-state index contributed by atoms with van der Waals surface area (Å²) in [5.74, 6) is 1.55. The SMILES string of the molecule is CCc1cc2c(cc1OC)[C@]13CCCC[C@@H]1[C@H](C2)N(C(=O)OCc1ccccc1)CC3. The summed E-state index contributed by atoms with van der Waals surface area (Å²) in [6.07, 6.45) is 7.72. The maximum atomic E-state index is 13.2. The number of benzene rings is 2. The number of rotatable bonds is 4. The molecule has 4 heteroatoms. The molecule has 2 aromatic carbocycles. The summed E-state index contributed by atoms with van der Waals surface area (Å²) in [6, 6.07) is 14.9. The Morgan fingerprint density at radius 3 is 2.77 bits per heavy atom. The van der Waals surface area contributed by atoms with E-state index in [9.17, 15) is 4.79 Å². The second kappa shape index (κ2) is 8.22. The van der Waals surface area contributed by atoms with E-state index in [0.717, 1.165) is 37.1 Å². The highest BCUT2D eigenvalue weighted by molar-refractivity contribution is 5.69. The molecule has 5 rings (SSSR count). The van der Waals surface area contributed by atoms with E-state index in [2.05, 4.69) is 24.0 Å². The fourth-order valence-corrected chi connectivity index (χ4v) is 6.59. The number of nitrogens with zero attached hydrogens (tertiary/aromatic N) is 1. The number of hydrogen-bond acceptors (Lipinski definition) is 3. The van der Waals surface area contributed by atoms with E-state index in [-0.39, 0.29) is 17.6 Å². The summed E-state index contributed by atoms with van der Waals surface area (Å²) >= 11 is 0. The minimum absolute atomic E-state index is 0.152. The number of ether oxygens (including phenoxy) is 2. The molecule has 4 nitrogen and oxygen atoms in total. The predicted octanol–water partition coefficient (Wildman–Crippen LogP) is 5.65. The molecule has 1 heterocycles. The minimum atomic E-state index is -0.152. The van der Waals surface area contributed by atoms with Crippen LogP contribution < -0.4 is 4.74 Å². The molecule has 0 N–H and O–H groups in total. The van der Waals surface area contributed by atoms with E-state index >= 15 is 0 Å². The molecule has 1 aliphatic heterocycles. The molecule has 0 spiro atoms. The molecule has 1 saturated carbocycles. The minimum Gasteiger partial charge on any atom is -0.496 e. The van der Waals surface area contributed by atoms with Gasteiger partial charge in [-0.05, 0) is 66.3 Å². The van der Waals surface area contributed by atoms with E-state index in [0.29, 0.717) is 12.5 Å². The quantitative estimate of drug-likeness (QED) is 0.642. The molecule has 2 aliphatic carbocycles. The number of likely N-dealkylation sites (tertiary alicyclic amines) is 1. The zero-order chi connectivity index (χ0) is 21.4. The van der Waals surface area contributed by atoms with E-state index in [1.807, 2.05) is 30.3 Å². The van der Waals surface area contributed by atoms with Crippen LogP contribution in [0, 0.1) is 5.92 Å². The van der Waals surface area contributed by atoms with Crippen LogP contribution in [0.4, 0.5) is 4.79 Å². The van der Waals surface area contributed by atoms with Gasteiger partial charge in [0, 0.05) is 18.0 Å². The highest BCUT2D eigenvalue weighted by atomic mass is 16.6. The Morgan fingerprint density at radius 1 is 1.16 bits per heavy atom. The molecule has 2 fully saturated rings. The molecule has 3 aliphatic rings. The normalized spacial score (nSPS) is 26.6. The van der Waals surface area contributed by atoms with Gasteiger partial charge in [0.2, 0.25) is 0 Å². The summed E-state index contributed by atoms with van der Waals surface area (Å²) in [7, 11) is 1.79. The van der Waals surface area contributed by atoms with Gasteiger partial charge in [-0.25, -0.2) is 4.79 Å². The second-order valence-corrected chi connectivity index (χ2v) is 9.44. The number of carbonyl (C=O) groups excluding carboxylic acids is 1. The van der Waals surface area contributed by atoms with Crippen LogP contribution in [0.3, 0.4) is 0 Å². The van der Waals surface area contributed by atoms with Gasteiger partial charge in [-0.2, -0.15) is 0 Å². The predicted molar refractivity (Wildman–Crippen MR) is 121 cm³/mol. The third-order valence-corrected chi connectivity index (χ3v) is 8.05. The molecule has 2 aromatic rings. The Balaban J connectivity index is 1.45. The molecule has 0 aromatic heterocycles. The van der Waals surface area contributed by atoms with Gasteiger partial charge >= 0.3 is 6.09 Å². The molecule has 0 radical (unpaired) electrons. The van der Waals surface area contributed by atoms with Crippen LogP contribution in [0.15, 0.2) is 42.5 Å². The second-order valence-electron chi connectivity index (χ2n) is 9.44. The lowest BCUT2D eigenvalue weighted by Crippen LogP contribution is -2.62. The first-order chi connectivity index (χ1) is 15.2. The number of aryl methyl sites for hydroxylation is 1. The van der Waals surface area contributed by atoms with Crippen LogP contribution in [-0.2, 0) is 29.6 Å². The smallest absolute Gasteiger partial charge is 0.410 e. The van der Waals surface area contributed by atoms with Crippen LogP contribution in [0.1, 0.15) is 61.3 Å². The molecule has 164 valence electrons. The summed E-state index contributed by atoms with van der Waals surface area (Å²) < 4.78 is 11.5. The average molecular weight is 420 g/mol. The van der Waals surface area contributed by atoms with Crippen molar-refractivity contribution in [2.75, 3.05) is 13.7 Å². The number of piperidine rings is 1. The van der Waals surface area contributed by atoms with Crippen molar-refractivity contribution in [3.63, 3.8) is 0 Å². The molecule has 3 atom stereocenters. The Bertz CT molecular complexity index is 956. The van der Waals surface area contributed by atoms with E-state index in [4.69, 9.17) is 9.47 Å². The largest absolute Gasteiger partial charge is 0.496 e. The maximum absolute atomic E-state index is 13.2. The Morgan fingerprint density at radius 2 is 2.00 bits per heavy atom. The van der Waals surface area contributed by atoms with Crippen molar-refractivity contribution in [3.8, 4) is 5.75 Å². The standard InChI is InChI=1S/C27H33NO3/c1-3-20-15-21-16-24-22-11-7-8-12-27(22,23(21)17-25(20)30-2)13-14-28(24)26(29)31-18-19-9-5-4-6-10-19/h4-6,9-10,15,17,22,24H,3,7-8,11-14,16,18H2,1-2H3/t22-,24+,27+/m1/s1. The number of carbonyl (C=O) groups is 1. The van der Waals surface area contributed by atoms with Gasteiger partial charge in [-0.15, -0.1) is 0 Å². The van der Waals surface area contributed by atoms with Crippen LogP contribution in [-0.4, -0.2) is 30.7 Å². The Labute approximate surface area is 185 Å². The number of amides is 1. The highest BCUT2D eigenvalue weighted by Gasteiger charge is 2.55. The van der Waals surface area contributed by atoms with E-state index < -0.39 is 0 Å². The van der Waals surface area contributed by atoms with Crippen molar-refractivity contribution in [2.24, 2.45) is 5.92 Å². The van der Waals surface area contributed by atoms with Crippen molar-refractivity contribution in [3.05, 3.63) is 64.7 Å². The van der Waals surface area contributed by atoms with Gasteiger partial charge in [-0.1, -0.05) is 56.2 Å². The van der Waals surface area contributed by atoms with Crippen molar-refractivity contribution in [2.45, 2.75) is 69.9 Å². The summed E-state index contributed by atoms with van der Waals surface area (Å²) in [5.41, 5.74) is 5.41. The van der Waals surface area contributed by atoms with Crippen LogP contribution in [0.25, 0.3) is 0 Å². The van der Waals surface area contributed by atoms with E-state index in [1.165, 1.54) is 42.4 Å². The molecule has 31 heavy (non-hydrogen) atoms. The highest BCUT2D eigenvalue weighted by Crippen LogP contribution is 2.56. The van der Waals surface area contributed by atoms with Crippen LogP contribution in [0.2, 0.25) is 0 Å².